The van der Waals surface area contributed by atoms with E-state index in [1.165, 1.54) is 11.8 Å². The van der Waals surface area contributed by atoms with E-state index in [1.807, 2.05) is 66.4 Å². The number of thiocarbonyl (C=S) groups is 1. The first-order chi connectivity index (χ1) is 13.2. The second-order valence-corrected chi connectivity index (χ2v) is 7.55. The van der Waals surface area contributed by atoms with Crippen molar-refractivity contribution in [2.24, 2.45) is 0 Å². The summed E-state index contributed by atoms with van der Waals surface area (Å²) in [5, 5.41) is 2.26. The zero-order valence-corrected chi connectivity index (χ0v) is 16.8. The van der Waals surface area contributed by atoms with Gasteiger partial charge >= 0.3 is 0 Å². The molecule has 0 aliphatic rings. The average molecular weight is 396 g/mol. The van der Waals surface area contributed by atoms with Crippen molar-refractivity contribution in [2.45, 2.75) is 13.5 Å². The zero-order chi connectivity index (χ0) is 19.1. The lowest BCUT2D eigenvalue weighted by atomic mass is 10.1. The summed E-state index contributed by atoms with van der Waals surface area (Å²) in [6, 6.07) is 24.2. The number of amides is 1. The smallest absolute Gasteiger partial charge is 0.237 e. The molecule has 0 heterocycles. The lowest BCUT2D eigenvalue weighted by Gasteiger charge is -2.23. The van der Waals surface area contributed by atoms with Crippen LogP contribution in [-0.2, 0) is 16.1 Å². The molecule has 1 amide bonds. The van der Waals surface area contributed by atoms with E-state index in [9.17, 15) is 4.79 Å². The van der Waals surface area contributed by atoms with Crippen molar-refractivity contribution >= 4 is 50.7 Å². The number of hydrogen-bond acceptors (Lipinski definition) is 4. The summed E-state index contributed by atoms with van der Waals surface area (Å²) in [6.07, 6.45) is 0. The average Bonchev–Trinajstić information content (AvgIpc) is 2.71. The molecule has 0 aromatic heterocycles. The highest BCUT2D eigenvalue weighted by molar-refractivity contribution is 8.23. The lowest BCUT2D eigenvalue weighted by molar-refractivity contribution is -0.116. The maximum atomic E-state index is 13.0. The Kier molecular flexibility index (Phi) is 6.85. The molecule has 0 fully saturated rings. The van der Waals surface area contributed by atoms with E-state index in [0.29, 0.717) is 17.5 Å². The minimum Gasteiger partial charge on any atom is -0.479 e. The normalized spacial score (nSPS) is 10.6. The van der Waals surface area contributed by atoms with Crippen LogP contribution in [0.1, 0.15) is 12.5 Å². The third-order valence-electron chi connectivity index (χ3n) is 4.10. The Morgan fingerprint density at radius 2 is 1.70 bits per heavy atom. The largest absolute Gasteiger partial charge is 0.479 e. The Hall–Kier alpha value is -2.37. The molecular weight excluding hydrogens is 374 g/mol. The number of benzene rings is 3. The van der Waals surface area contributed by atoms with E-state index in [2.05, 4.69) is 18.2 Å². The van der Waals surface area contributed by atoms with Crippen LogP contribution < -0.4 is 4.90 Å². The SMILES string of the molecule is CCOC(=S)SCC(=O)N(Cc1ccccc1)c1ccc2ccccc2c1. The van der Waals surface area contributed by atoms with Crippen molar-refractivity contribution in [2.75, 3.05) is 17.3 Å². The predicted molar refractivity (Wildman–Crippen MR) is 118 cm³/mol. The Morgan fingerprint density at radius 3 is 2.44 bits per heavy atom. The van der Waals surface area contributed by atoms with Crippen LogP contribution in [0, 0.1) is 0 Å². The highest BCUT2D eigenvalue weighted by atomic mass is 32.2. The molecule has 0 saturated heterocycles. The molecular formula is C22H21NO2S2. The number of fused-ring (bicyclic) bond motifs is 1. The fraction of sp³-hybridized carbons (Fsp3) is 0.182. The highest BCUT2D eigenvalue weighted by Gasteiger charge is 2.18. The Labute approximate surface area is 169 Å². The molecule has 0 aliphatic heterocycles. The molecule has 3 aromatic rings. The van der Waals surface area contributed by atoms with Gasteiger partial charge in [0.25, 0.3) is 0 Å². The van der Waals surface area contributed by atoms with Gasteiger partial charge in [0.05, 0.1) is 18.9 Å². The molecule has 138 valence electrons. The molecule has 5 heteroatoms. The molecule has 0 saturated carbocycles. The molecule has 3 nitrogen and oxygen atoms in total. The fourth-order valence-corrected chi connectivity index (χ4v) is 3.69. The van der Waals surface area contributed by atoms with E-state index >= 15 is 0 Å². The topological polar surface area (TPSA) is 29.5 Å². The van der Waals surface area contributed by atoms with Gasteiger partial charge in [0.2, 0.25) is 10.3 Å². The maximum absolute atomic E-state index is 13.0. The second-order valence-electron chi connectivity index (χ2n) is 5.97. The first-order valence-corrected chi connectivity index (χ1v) is 10.2. The van der Waals surface area contributed by atoms with Gasteiger partial charge in [-0.1, -0.05) is 72.4 Å². The standard InChI is InChI=1S/C22H21NO2S2/c1-2-25-22(26)27-16-21(24)23(15-17-8-4-3-5-9-17)20-13-12-18-10-6-7-11-19(18)14-20/h3-14H,2,15-16H2,1H3. The molecule has 0 aliphatic carbocycles. The number of hydrogen-bond donors (Lipinski definition) is 0. The van der Waals surface area contributed by atoms with Crippen molar-refractivity contribution in [1.82, 2.24) is 0 Å². The Morgan fingerprint density at radius 1 is 1.00 bits per heavy atom. The number of carbonyl (C=O) groups is 1. The van der Waals surface area contributed by atoms with Crippen LogP contribution in [0.25, 0.3) is 10.8 Å². The molecule has 27 heavy (non-hydrogen) atoms. The van der Waals surface area contributed by atoms with E-state index < -0.39 is 0 Å². The number of rotatable bonds is 6. The quantitative estimate of drug-likeness (QED) is 0.521. The number of nitrogens with zero attached hydrogens (tertiary/aromatic N) is 1. The van der Waals surface area contributed by atoms with Crippen LogP contribution in [0.2, 0.25) is 0 Å². The summed E-state index contributed by atoms with van der Waals surface area (Å²) in [7, 11) is 0. The van der Waals surface area contributed by atoms with Gasteiger partial charge in [-0.15, -0.1) is 0 Å². The minimum absolute atomic E-state index is 0.00110. The lowest BCUT2D eigenvalue weighted by Crippen LogP contribution is -2.32. The van der Waals surface area contributed by atoms with E-state index in [1.54, 1.807) is 0 Å². The van der Waals surface area contributed by atoms with Crippen LogP contribution in [0.4, 0.5) is 5.69 Å². The first-order valence-electron chi connectivity index (χ1n) is 8.80. The number of thioether (sulfide) groups is 1. The summed E-state index contributed by atoms with van der Waals surface area (Å²) < 4.78 is 5.68. The fourth-order valence-electron chi connectivity index (χ4n) is 2.79. The third-order valence-corrected chi connectivity index (χ3v) is 5.32. The first kappa shape index (κ1) is 19.4. The number of anilines is 1. The second kappa shape index (κ2) is 9.53. The van der Waals surface area contributed by atoms with Crippen LogP contribution in [-0.4, -0.2) is 22.6 Å². The molecule has 3 rings (SSSR count). The van der Waals surface area contributed by atoms with Crippen molar-refractivity contribution < 1.29 is 9.53 Å². The van der Waals surface area contributed by atoms with Crippen molar-refractivity contribution in [1.29, 1.82) is 0 Å². The van der Waals surface area contributed by atoms with Gasteiger partial charge in [0.15, 0.2) is 0 Å². The maximum Gasteiger partial charge on any atom is 0.237 e. The number of carbonyl (C=O) groups excluding carboxylic acids is 1. The summed E-state index contributed by atoms with van der Waals surface area (Å²) in [6.45, 7) is 2.91. The zero-order valence-electron chi connectivity index (χ0n) is 15.1. The van der Waals surface area contributed by atoms with Gasteiger partial charge in [-0.25, -0.2) is 0 Å². The van der Waals surface area contributed by atoms with Crippen LogP contribution >= 0.6 is 24.0 Å². The van der Waals surface area contributed by atoms with Crippen molar-refractivity contribution in [3.05, 3.63) is 78.4 Å². The van der Waals surface area contributed by atoms with Gasteiger partial charge in [-0.05, 0) is 47.6 Å². The molecule has 0 unspecified atom stereocenters. The number of ether oxygens (including phenoxy) is 1. The summed E-state index contributed by atoms with van der Waals surface area (Å²) in [5.41, 5.74) is 1.96. The summed E-state index contributed by atoms with van der Waals surface area (Å²) in [4.78, 5) is 14.8. The summed E-state index contributed by atoms with van der Waals surface area (Å²) >= 11 is 6.40. The molecule has 0 atom stereocenters. The molecule has 3 aromatic carbocycles. The van der Waals surface area contributed by atoms with Crippen molar-refractivity contribution in [3.63, 3.8) is 0 Å². The van der Waals surface area contributed by atoms with Crippen molar-refractivity contribution in [3.8, 4) is 0 Å². The molecule has 0 radical (unpaired) electrons. The van der Waals surface area contributed by atoms with Gasteiger partial charge < -0.3 is 9.64 Å². The predicted octanol–water partition coefficient (Wildman–Crippen LogP) is 5.43. The van der Waals surface area contributed by atoms with Gasteiger partial charge in [0, 0.05) is 5.69 Å². The molecule has 0 spiro atoms. The van der Waals surface area contributed by atoms with Gasteiger partial charge in [-0.3, -0.25) is 4.79 Å². The van der Waals surface area contributed by atoms with Gasteiger partial charge in [-0.2, -0.15) is 0 Å². The molecule has 0 N–H and O–H groups in total. The Balaban J connectivity index is 1.86. The van der Waals surface area contributed by atoms with Crippen LogP contribution in [0.5, 0.6) is 0 Å². The van der Waals surface area contributed by atoms with E-state index in [0.717, 1.165) is 22.0 Å². The Bertz CT molecular complexity index is 928. The molecule has 0 bridgehead atoms. The third kappa shape index (κ3) is 5.31. The van der Waals surface area contributed by atoms with E-state index in [-0.39, 0.29) is 11.7 Å². The summed E-state index contributed by atoms with van der Waals surface area (Å²) in [5.74, 6) is 0.250. The highest BCUT2D eigenvalue weighted by Crippen LogP contribution is 2.24. The van der Waals surface area contributed by atoms with Crippen LogP contribution in [0.3, 0.4) is 0 Å². The van der Waals surface area contributed by atoms with Crippen LogP contribution in [0.15, 0.2) is 72.8 Å². The van der Waals surface area contributed by atoms with Gasteiger partial charge in [0.1, 0.15) is 0 Å². The monoisotopic (exact) mass is 395 g/mol. The van der Waals surface area contributed by atoms with E-state index in [4.69, 9.17) is 17.0 Å². The minimum atomic E-state index is 0.00110.